The summed E-state index contributed by atoms with van der Waals surface area (Å²) in [6.07, 6.45) is 2.00. The van der Waals surface area contributed by atoms with Crippen molar-refractivity contribution >= 4 is 27.6 Å². The van der Waals surface area contributed by atoms with Crippen LogP contribution in [0.1, 0.15) is 40.5 Å². The summed E-state index contributed by atoms with van der Waals surface area (Å²) in [4.78, 5) is 29.1. The highest BCUT2D eigenvalue weighted by molar-refractivity contribution is 9.10. The minimum atomic E-state index is -0.345. The molecule has 4 nitrogen and oxygen atoms in total. The first-order valence-corrected chi connectivity index (χ1v) is 9.47. The molecule has 0 saturated carbocycles. The van der Waals surface area contributed by atoms with Crippen molar-refractivity contribution in [3.63, 3.8) is 0 Å². The van der Waals surface area contributed by atoms with Crippen molar-refractivity contribution in [2.45, 2.75) is 18.9 Å². The second kappa shape index (κ2) is 9.24. The first kappa shape index (κ1) is 19.0. The van der Waals surface area contributed by atoms with E-state index in [1.807, 2.05) is 60.7 Å². The Morgan fingerprint density at radius 3 is 2.26 bits per heavy atom. The van der Waals surface area contributed by atoms with E-state index in [4.69, 9.17) is 0 Å². The summed E-state index contributed by atoms with van der Waals surface area (Å²) >= 11 is 3.35. The predicted molar refractivity (Wildman–Crippen MR) is 108 cm³/mol. The third kappa shape index (κ3) is 5.34. The van der Waals surface area contributed by atoms with E-state index >= 15 is 0 Å². The summed E-state index contributed by atoms with van der Waals surface area (Å²) in [5.74, 6) is -0.230. The van der Waals surface area contributed by atoms with E-state index < -0.39 is 0 Å². The fourth-order valence-corrected chi connectivity index (χ4v) is 3.02. The van der Waals surface area contributed by atoms with Crippen molar-refractivity contribution in [3.05, 3.63) is 100 Å². The lowest BCUT2D eigenvalue weighted by Crippen LogP contribution is -2.30. The molecular formula is C22H19BrN2O2. The van der Waals surface area contributed by atoms with Gasteiger partial charge in [-0.3, -0.25) is 14.6 Å². The van der Waals surface area contributed by atoms with Crippen LogP contribution < -0.4 is 5.32 Å². The molecule has 1 heterocycles. The molecule has 0 aliphatic rings. The van der Waals surface area contributed by atoms with Crippen LogP contribution in [0.5, 0.6) is 0 Å². The lowest BCUT2D eigenvalue weighted by Gasteiger charge is -2.18. The van der Waals surface area contributed by atoms with Crippen molar-refractivity contribution in [1.82, 2.24) is 10.3 Å². The molecule has 1 N–H and O–H groups in total. The van der Waals surface area contributed by atoms with Gasteiger partial charge in [-0.15, -0.1) is 0 Å². The number of Topliss-reactive ketones (excluding diaryl/α,β-unsaturated/α-hetero) is 1. The summed E-state index contributed by atoms with van der Waals surface area (Å²) in [5, 5.41) is 3.00. The Morgan fingerprint density at radius 1 is 0.889 bits per heavy atom. The van der Waals surface area contributed by atoms with Crippen molar-refractivity contribution in [2.24, 2.45) is 0 Å². The third-order valence-corrected chi connectivity index (χ3v) is 4.70. The summed E-state index contributed by atoms with van der Waals surface area (Å²) in [5.41, 5.74) is 2.32. The average Bonchev–Trinajstić information content (AvgIpc) is 2.72. The highest BCUT2D eigenvalue weighted by Gasteiger charge is 2.18. The number of pyridine rings is 1. The zero-order chi connectivity index (χ0) is 19.1. The topological polar surface area (TPSA) is 59.1 Å². The van der Waals surface area contributed by atoms with Gasteiger partial charge in [0.15, 0.2) is 5.78 Å². The molecule has 1 aromatic heterocycles. The van der Waals surface area contributed by atoms with Crippen molar-refractivity contribution < 1.29 is 9.59 Å². The fourth-order valence-electron chi connectivity index (χ4n) is 2.76. The molecule has 27 heavy (non-hydrogen) atoms. The minimum Gasteiger partial charge on any atom is -0.344 e. The predicted octanol–water partition coefficient (Wildman–Crippen LogP) is 4.71. The summed E-state index contributed by atoms with van der Waals surface area (Å²) in [7, 11) is 0. The van der Waals surface area contributed by atoms with E-state index in [1.165, 1.54) is 0 Å². The smallest absolute Gasteiger partial charge is 0.221 e. The molecule has 136 valence electrons. The van der Waals surface area contributed by atoms with E-state index in [-0.39, 0.29) is 30.6 Å². The largest absolute Gasteiger partial charge is 0.344 e. The molecule has 3 aromatic rings. The highest BCUT2D eigenvalue weighted by Crippen LogP contribution is 2.20. The Bertz CT molecular complexity index is 857. The van der Waals surface area contributed by atoms with Crippen molar-refractivity contribution in [2.75, 3.05) is 0 Å². The molecule has 5 heteroatoms. The summed E-state index contributed by atoms with van der Waals surface area (Å²) in [6.45, 7) is 0. The van der Waals surface area contributed by atoms with Gasteiger partial charge in [-0.1, -0.05) is 64.5 Å². The van der Waals surface area contributed by atoms with Gasteiger partial charge in [0.05, 0.1) is 11.7 Å². The molecule has 3 rings (SSSR count). The number of halogens is 1. The molecule has 0 spiro atoms. The van der Waals surface area contributed by atoms with Gasteiger partial charge in [0.2, 0.25) is 5.91 Å². The van der Waals surface area contributed by atoms with Crippen LogP contribution in [0, 0.1) is 0 Å². The lowest BCUT2D eigenvalue weighted by molar-refractivity contribution is -0.121. The van der Waals surface area contributed by atoms with Crippen LogP contribution in [0.2, 0.25) is 0 Å². The van der Waals surface area contributed by atoms with E-state index in [0.717, 1.165) is 15.7 Å². The van der Waals surface area contributed by atoms with Gasteiger partial charge in [-0.05, 0) is 29.8 Å². The maximum absolute atomic E-state index is 12.5. The van der Waals surface area contributed by atoms with Crippen LogP contribution in [-0.2, 0) is 4.79 Å². The van der Waals surface area contributed by atoms with Gasteiger partial charge in [-0.25, -0.2) is 0 Å². The fraction of sp³-hybridized carbons (Fsp3) is 0.136. The second-order valence-electron chi connectivity index (χ2n) is 6.10. The molecule has 0 radical (unpaired) electrons. The van der Waals surface area contributed by atoms with Crippen LogP contribution >= 0.6 is 15.9 Å². The molecule has 1 amide bonds. The third-order valence-electron chi connectivity index (χ3n) is 4.17. The Balaban J connectivity index is 1.66. The minimum absolute atomic E-state index is 0.0493. The zero-order valence-electron chi connectivity index (χ0n) is 14.6. The molecule has 0 bridgehead atoms. The number of aromatic nitrogens is 1. The SMILES string of the molecule is O=C(CCC(=O)c1ccc(Br)cc1)NC(c1ccccc1)c1ccccn1. The van der Waals surface area contributed by atoms with E-state index in [2.05, 4.69) is 26.2 Å². The zero-order valence-corrected chi connectivity index (χ0v) is 16.2. The molecule has 0 aliphatic carbocycles. The normalized spacial score (nSPS) is 11.6. The summed E-state index contributed by atoms with van der Waals surface area (Å²) < 4.78 is 0.915. The number of carbonyl (C=O) groups is 2. The first-order chi connectivity index (χ1) is 13.1. The Kier molecular flexibility index (Phi) is 6.49. The van der Waals surface area contributed by atoms with Crippen LogP contribution in [0.4, 0.5) is 0 Å². The number of rotatable bonds is 7. The number of benzene rings is 2. The second-order valence-corrected chi connectivity index (χ2v) is 7.01. The highest BCUT2D eigenvalue weighted by atomic mass is 79.9. The van der Waals surface area contributed by atoms with Gasteiger partial charge in [-0.2, -0.15) is 0 Å². The number of ketones is 1. The van der Waals surface area contributed by atoms with Crippen molar-refractivity contribution in [1.29, 1.82) is 0 Å². The molecule has 0 aliphatic heterocycles. The average molecular weight is 423 g/mol. The number of nitrogens with one attached hydrogen (secondary N) is 1. The maximum Gasteiger partial charge on any atom is 0.221 e. The number of hydrogen-bond acceptors (Lipinski definition) is 3. The van der Waals surface area contributed by atoms with Gasteiger partial charge in [0, 0.05) is 29.1 Å². The van der Waals surface area contributed by atoms with E-state index in [0.29, 0.717) is 5.56 Å². The molecule has 1 unspecified atom stereocenters. The summed E-state index contributed by atoms with van der Waals surface area (Å²) in [6, 6.07) is 22.1. The Morgan fingerprint density at radius 2 is 1.59 bits per heavy atom. The number of carbonyl (C=O) groups excluding carboxylic acids is 2. The molecular weight excluding hydrogens is 404 g/mol. The Hall–Kier alpha value is -2.79. The Labute approximate surface area is 166 Å². The standard InChI is InChI=1S/C22H19BrN2O2/c23-18-11-9-16(10-12-18)20(26)13-14-21(27)25-22(17-6-2-1-3-7-17)19-8-4-5-15-24-19/h1-12,15,22H,13-14H2,(H,25,27). The molecule has 0 saturated heterocycles. The van der Waals surface area contributed by atoms with Crippen LogP contribution in [0.25, 0.3) is 0 Å². The van der Waals surface area contributed by atoms with Gasteiger partial charge >= 0.3 is 0 Å². The van der Waals surface area contributed by atoms with Crippen LogP contribution in [-0.4, -0.2) is 16.7 Å². The maximum atomic E-state index is 12.5. The van der Waals surface area contributed by atoms with E-state index in [9.17, 15) is 9.59 Å². The van der Waals surface area contributed by atoms with Gasteiger partial charge < -0.3 is 5.32 Å². The van der Waals surface area contributed by atoms with Gasteiger partial charge in [0.1, 0.15) is 0 Å². The number of amides is 1. The number of hydrogen-bond donors (Lipinski definition) is 1. The van der Waals surface area contributed by atoms with E-state index in [1.54, 1.807) is 18.3 Å². The first-order valence-electron chi connectivity index (χ1n) is 8.67. The van der Waals surface area contributed by atoms with Crippen LogP contribution in [0.3, 0.4) is 0 Å². The van der Waals surface area contributed by atoms with Crippen LogP contribution in [0.15, 0.2) is 83.5 Å². The molecule has 2 aromatic carbocycles. The number of nitrogens with zero attached hydrogens (tertiary/aromatic N) is 1. The molecule has 1 atom stereocenters. The monoisotopic (exact) mass is 422 g/mol. The lowest BCUT2D eigenvalue weighted by atomic mass is 10.0. The van der Waals surface area contributed by atoms with Crippen molar-refractivity contribution in [3.8, 4) is 0 Å². The quantitative estimate of drug-likeness (QED) is 0.560. The molecule has 0 fully saturated rings. The van der Waals surface area contributed by atoms with Gasteiger partial charge in [0.25, 0.3) is 0 Å².